The molecule has 33 heavy (non-hydrogen) atoms. The minimum Gasteiger partial charge on any atom is -0.334 e. The van der Waals surface area contributed by atoms with Crippen molar-refractivity contribution in [2.45, 2.75) is 11.7 Å². The Bertz CT molecular complexity index is 1260. The van der Waals surface area contributed by atoms with Crippen LogP contribution >= 0.6 is 11.3 Å². The highest BCUT2D eigenvalue weighted by molar-refractivity contribution is 7.22. The maximum Gasteiger partial charge on any atom is 0.425 e. The van der Waals surface area contributed by atoms with Gasteiger partial charge in [-0.05, 0) is 42.0 Å². The molecule has 0 spiro atoms. The van der Waals surface area contributed by atoms with Gasteiger partial charge in [-0.25, -0.2) is 14.2 Å². The van der Waals surface area contributed by atoms with Crippen LogP contribution in [0.2, 0.25) is 0 Å². The molecule has 2 aromatic carbocycles. The first-order valence-electron chi connectivity index (χ1n) is 9.37. The number of nitrogens with zero attached hydrogens (tertiary/aromatic N) is 2. The van der Waals surface area contributed by atoms with Gasteiger partial charge in [0.1, 0.15) is 5.82 Å². The zero-order chi connectivity index (χ0) is 24.0. The molecule has 1 atom stereocenters. The number of carbonyl (C=O) groups excluding carboxylic acids is 3. The lowest BCUT2D eigenvalue weighted by Gasteiger charge is -2.41. The predicted octanol–water partition coefficient (Wildman–Crippen LogP) is 3.43. The molecular weight excluding hydrogens is 466 g/mol. The summed E-state index contributed by atoms with van der Waals surface area (Å²) >= 11 is 0.881. The first-order valence-corrected chi connectivity index (χ1v) is 10.2. The van der Waals surface area contributed by atoms with Crippen LogP contribution in [-0.4, -0.2) is 47.5 Å². The van der Waals surface area contributed by atoms with Gasteiger partial charge in [-0.2, -0.15) is 13.2 Å². The third kappa shape index (κ3) is 4.06. The summed E-state index contributed by atoms with van der Waals surface area (Å²) in [6.07, 6.45) is -5.11. The Morgan fingerprint density at radius 1 is 1.15 bits per heavy atom. The van der Waals surface area contributed by atoms with Crippen LogP contribution in [0.1, 0.15) is 5.56 Å². The van der Waals surface area contributed by atoms with Gasteiger partial charge >= 0.3 is 12.2 Å². The molecule has 0 unspecified atom stereocenters. The molecule has 3 aromatic rings. The van der Waals surface area contributed by atoms with Crippen LogP contribution in [0.3, 0.4) is 0 Å². The van der Waals surface area contributed by atoms with Crippen molar-refractivity contribution in [2.75, 3.05) is 24.2 Å². The van der Waals surface area contributed by atoms with Gasteiger partial charge in [0, 0.05) is 12.7 Å². The number of aromatic nitrogens is 1. The summed E-state index contributed by atoms with van der Waals surface area (Å²) in [4.78, 5) is 41.6. The Hall–Kier alpha value is -3.74. The lowest BCUT2D eigenvalue weighted by atomic mass is 9.85. The van der Waals surface area contributed by atoms with Crippen molar-refractivity contribution in [3.8, 4) is 0 Å². The molecule has 2 heterocycles. The van der Waals surface area contributed by atoms with E-state index in [0.29, 0.717) is 5.69 Å². The average molecular weight is 481 g/mol. The smallest absolute Gasteiger partial charge is 0.334 e. The van der Waals surface area contributed by atoms with Gasteiger partial charge in [0.2, 0.25) is 11.4 Å². The molecule has 1 aliphatic heterocycles. The molecule has 13 heteroatoms. The van der Waals surface area contributed by atoms with Crippen molar-refractivity contribution < 1.29 is 31.9 Å². The van der Waals surface area contributed by atoms with E-state index in [9.17, 15) is 31.9 Å². The number of rotatable bonds is 3. The Morgan fingerprint density at radius 2 is 1.85 bits per heavy atom. The number of amides is 4. The summed E-state index contributed by atoms with van der Waals surface area (Å²) in [7, 11) is 1.12. The van der Waals surface area contributed by atoms with Crippen LogP contribution in [-0.2, 0) is 15.1 Å². The topological polar surface area (TPSA) is 103 Å². The summed E-state index contributed by atoms with van der Waals surface area (Å²) < 4.78 is 55.6. The maximum atomic E-state index is 14.1. The highest BCUT2D eigenvalue weighted by Crippen LogP contribution is 2.43. The van der Waals surface area contributed by atoms with E-state index in [2.05, 4.69) is 15.6 Å². The van der Waals surface area contributed by atoms with Crippen molar-refractivity contribution in [3.05, 3.63) is 53.8 Å². The highest BCUT2D eigenvalue weighted by Gasteiger charge is 2.65. The normalized spacial score (nSPS) is 18.9. The molecule has 3 N–H and O–H groups in total. The molecule has 4 amide bonds. The number of anilines is 2. The number of hydrogen-bond donors (Lipinski definition) is 3. The van der Waals surface area contributed by atoms with Crippen molar-refractivity contribution in [3.63, 3.8) is 0 Å². The number of likely N-dealkylation sites (N-methyl/N-ethyl adjacent to an activating group) is 1. The Morgan fingerprint density at radius 3 is 2.52 bits per heavy atom. The standard InChI is InChI=1S/C20H15F4N5O3S/c1-29-9-15(30)28-19(16(29)31,20(22,23)24)10-2-7-13-14(8-10)33-18(26-13)27-17(32)25-12-5-3-11(21)4-6-12/h2-8H,9H2,1H3,(H,28,30)(H2,25,26,27,32)/t19-/m1/s1. The molecule has 0 aliphatic carbocycles. The zero-order valence-electron chi connectivity index (χ0n) is 16.8. The number of nitrogens with one attached hydrogen (secondary N) is 3. The minimum absolute atomic E-state index is 0.0824. The fraction of sp³-hybridized carbons (Fsp3) is 0.200. The first-order chi connectivity index (χ1) is 15.5. The van der Waals surface area contributed by atoms with Crippen LogP contribution in [0.5, 0.6) is 0 Å². The fourth-order valence-corrected chi connectivity index (χ4v) is 4.33. The number of piperazine rings is 1. The van der Waals surface area contributed by atoms with Gasteiger partial charge in [0.15, 0.2) is 5.13 Å². The summed E-state index contributed by atoms with van der Waals surface area (Å²) in [5.74, 6) is -2.73. The lowest BCUT2D eigenvalue weighted by molar-refractivity contribution is -0.214. The maximum absolute atomic E-state index is 14.1. The molecule has 0 saturated carbocycles. The van der Waals surface area contributed by atoms with E-state index in [4.69, 9.17) is 0 Å². The Balaban J connectivity index is 1.64. The number of urea groups is 1. The molecule has 1 fully saturated rings. The lowest BCUT2D eigenvalue weighted by Crippen LogP contribution is -2.69. The van der Waals surface area contributed by atoms with Crippen molar-refractivity contribution in [2.24, 2.45) is 0 Å². The van der Waals surface area contributed by atoms with Crippen molar-refractivity contribution >= 4 is 50.2 Å². The van der Waals surface area contributed by atoms with Gasteiger partial charge in [0.05, 0.1) is 16.8 Å². The number of thiazole rings is 1. The molecule has 1 saturated heterocycles. The van der Waals surface area contributed by atoms with Gasteiger partial charge < -0.3 is 15.5 Å². The van der Waals surface area contributed by atoms with E-state index < -0.39 is 47.5 Å². The van der Waals surface area contributed by atoms with E-state index in [1.54, 1.807) is 0 Å². The monoisotopic (exact) mass is 481 g/mol. The third-order valence-corrected chi connectivity index (χ3v) is 5.88. The highest BCUT2D eigenvalue weighted by atomic mass is 32.1. The van der Waals surface area contributed by atoms with E-state index in [-0.39, 0.29) is 15.3 Å². The van der Waals surface area contributed by atoms with E-state index in [1.165, 1.54) is 18.2 Å². The van der Waals surface area contributed by atoms with Crippen molar-refractivity contribution in [1.29, 1.82) is 0 Å². The van der Waals surface area contributed by atoms with Gasteiger partial charge in [-0.3, -0.25) is 14.9 Å². The van der Waals surface area contributed by atoms with E-state index in [0.717, 1.165) is 47.5 Å². The quantitative estimate of drug-likeness (QED) is 0.499. The largest absolute Gasteiger partial charge is 0.425 e. The summed E-state index contributed by atoms with van der Waals surface area (Å²) in [5, 5.41) is 6.83. The minimum atomic E-state index is -5.11. The molecule has 4 rings (SSSR count). The van der Waals surface area contributed by atoms with Gasteiger partial charge in [-0.15, -0.1) is 0 Å². The number of carbonyl (C=O) groups is 3. The summed E-state index contributed by atoms with van der Waals surface area (Å²) in [6, 6.07) is 7.78. The second-order valence-electron chi connectivity index (χ2n) is 7.24. The molecule has 172 valence electrons. The number of alkyl halides is 3. The molecule has 1 aliphatic rings. The van der Waals surface area contributed by atoms with Crippen LogP contribution < -0.4 is 16.0 Å². The SMILES string of the molecule is CN1CC(=O)N[C@@](c2ccc3nc(NC(=O)Nc4ccc(F)cc4)sc3c2)(C(F)(F)F)C1=O. The third-order valence-electron chi connectivity index (χ3n) is 4.94. The molecular formula is C20H15F4N5O3S. The van der Waals surface area contributed by atoms with Gasteiger partial charge in [-0.1, -0.05) is 17.4 Å². The Labute approximate surface area is 187 Å². The molecule has 1 aromatic heterocycles. The zero-order valence-corrected chi connectivity index (χ0v) is 17.6. The van der Waals surface area contributed by atoms with Crippen LogP contribution in [0, 0.1) is 5.82 Å². The average Bonchev–Trinajstić information content (AvgIpc) is 3.12. The number of halogens is 4. The van der Waals surface area contributed by atoms with E-state index >= 15 is 0 Å². The van der Waals surface area contributed by atoms with Gasteiger partial charge in [0.25, 0.3) is 5.91 Å². The summed E-state index contributed by atoms with van der Waals surface area (Å²) in [5.41, 5.74) is -3.11. The number of benzene rings is 2. The fourth-order valence-electron chi connectivity index (χ4n) is 3.43. The molecule has 0 bridgehead atoms. The second-order valence-corrected chi connectivity index (χ2v) is 8.28. The van der Waals surface area contributed by atoms with Crippen LogP contribution in [0.4, 0.5) is 33.2 Å². The van der Waals surface area contributed by atoms with Crippen molar-refractivity contribution in [1.82, 2.24) is 15.2 Å². The molecule has 0 radical (unpaired) electrons. The van der Waals surface area contributed by atoms with Crippen LogP contribution in [0.25, 0.3) is 10.2 Å². The molecule has 8 nitrogen and oxygen atoms in total. The second kappa shape index (κ2) is 7.99. The first kappa shape index (κ1) is 22.5. The van der Waals surface area contributed by atoms with Crippen LogP contribution in [0.15, 0.2) is 42.5 Å². The predicted molar refractivity (Wildman–Crippen MR) is 112 cm³/mol. The summed E-state index contributed by atoms with van der Waals surface area (Å²) in [6.45, 7) is -0.489. The van der Waals surface area contributed by atoms with E-state index in [1.807, 2.05) is 5.32 Å². The Kier molecular flexibility index (Phi) is 5.44. The number of hydrogen-bond acceptors (Lipinski definition) is 5. The number of fused-ring (bicyclic) bond motifs is 1.